The van der Waals surface area contributed by atoms with Gasteiger partial charge in [0.1, 0.15) is 10.6 Å². The SMILES string of the molecule is CC(C)[C@@](C)(C#N)NC(=O)[C@@H](C)OC(=O)c1ccc(Cl)c([N+](=O)[O-])c1. The Morgan fingerprint density at radius 2 is 2.00 bits per heavy atom. The lowest BCUT2D eigenvalue weighted by Gasteiger charge is -2.28. The molecule has 134 valence electrons. The van der Waals surface area contributed by atoms with Crippen molar-refractivity contribution in [3.05, 3.63) is 38.9 Å². The Bertz CT molecular complexity index is 744. The van der Waals surface area contributed by atoms with Crippen LogP contribution in [0.4, 0.5) is 5.69 Å². The summed E-state index contributed by atoms with van der Waals surface area (Å²) in [4.78, 5) is 34.4. The molecule has 0 aliphatic rings. The number of hydrogen-bond donors (Lipinski definition) is 1. The van der Waals surface area contributed by atoms with Crippen molar-refractivity contribution in [1.82, 2.24) is 5.32 Å². The van der Waals surface area contributed by atoms with Crippen molar-refractivity contribution in [1.29, 1.82) is 5.26 Å². The molecule has 1 aromatic rings. The average molecular weight is 368 g/mol. The number of halogens is 1. The minimum absolute atomic E-state index is 0.109. The third-order valence-corrected chi connectivity index (χ3v) is 4.12. The molecular weight excluding hydrogens is 350 g/mol. The van der Waals surface area contributed by atoms with Crippen molar-refractivity contribution in [2.45, 2.75) is 39.3 Å². The van der Waals surface area contributed by atoms with Crippen molar-refractivity contribution in [2.24, 2.45) is 5.92 Å². The molecule has 2 atom stereocenters. The Morgan fingerprint density at radius 3 is 2.48 bits per heavy atom. The van der Waals surface area contributed by atoms with Gasteiger partial charge in [0.05, 0.1) is 16.6 Å². The van der Waals surface area contributed by atoms with Crippen LogP contribution in [0.5, 0.6) is 0 Å². The van der Waals surface area contributed by atoms with E-state index in [1.54, 1.807) is 20.8 Å². The van der Waals surface area contributed by atoms with Gasteiger partial charge >= 0.3 is 5.97 Å². The fraction of sp³-hybridized carbons (Fsp3) is 0.438. The number of nitriles is 1. The number of rotatable bonds is 6. The summed E-state index contributed by atoms with van der Waals surface area (Å²) >= 11 is 5.68. The van der Waals surface area contributed by atoms with E-state index in [9.17, 15) is 25.0 Å². The first-order chi connectivity index (χ1) is 11.5. The van der Waals surface area contributed by atoms with Crippen LogP contribution in [0.3, 0.4) is 0 Å². The Hall–Kier alpha value is -2.66. The van der Waals surface area contributed by atoms with Crippen LogP contribution >= 0.6 is 11.6 Å². The van der Waals surface area contributed by atoms with Gasteiger partial charge in [-0.25, -0.2) is 4.79 Å². The zero-order valence-electron chi connectivity index (χ0n) is 14.2. The second kappa shape index (κ2) is 7.94. The highest BCUT2D eigenvalue weighted by atomic mass is 35.5. The van der Waals surface area contributed by atoms with E-state index in [4.69, 9.17) is 16.3 Å². The molecule has 0 saturated heterocycles. The monoisotopic (exact) mass is 367 g/mol. The summed E-state index contributed by atoms with van der Waals surface area (Å²) in [6, 6.07) is 5.45. The lowest BCUT2D eigenvalue weighted by atomic mass is 9.90. The van der Waals surface area contributed by atoms with Crippen molar-refractivity contribution >= 4 is 29.2 Å². The van der Waals surface area contributed by atoms with Gasteiger partial charge in [0.25, 0.3) is 11.6 Å². The second-order valence-electron chi connectivity index (χ2n) is 5.93. The number of carbonyl (C=O) groups is 2. The fourth-order valence-electron chi connectivity index (χ4n) is 1.72. The van der Waals surface area contributed by atoms with Crippen LogP contribution in [-0.2, 0) is 9.53 Å². The molecular formula is C16H18ClN3O5. The molecule has 0 saturated carbocycles. The number of benzene rings is 1. The minimum atomic E-state index is -1.19. The average Bonchev–Trinajstić information content (AvgIpc) is 2.54. The van der Waals surface area contributed by atoms with Crippen molar-refractivity contribution in [2.75, 3.05) is 0 Å². The maximum atomic E-state index is 12.1. The number of amides is 1. The van der Waals surface area contributed by atoms with E-state index in [0.717, 1.165) is 6.07 Å². The molecule has 1 aromatic carbocycles. The summed E-state index contributed by atoms with van der Waals surface area (Å²) in [6.45, 7) is 6.45. The number of carbonyl (C=O) groups excluding carboxylic acids is 2. The van der Waals surface area contributed by atoms with Gasteiger partial charge in [-0.1, -0.05) is 25.4 Å². The molecule has 0 aromatic heterocycles. The highest BCUT2D eigenvalue weighted by Crippen LogP contribution is 2.25. The lowest BCUT2D eigenvalue weighted by Crippen LogP contribution is -2.52. The normalized spacial score (nSPS) is 14.1. The van der Waals surface area contributed by atoms with Crippen LogP contribution in [0.1, 0.15) is 38.1 Å². The molecule has 0 aliphatic heterocycles. The maximum absolute atomic E-state index is 12.1. The van der Waals surface area contributed by atoms with Crippen molar-refractivity contribution < 1.29 is 19.2 Å². The number of nitro benzene ring substituents is 1. The van der Waals surface area contributed by atoms with Gasteiger partial charge in [0.15, 0.2) is 6.10 Å². The summed E-state index contributed by atoms with van der Waals surface area (Å²) in [7, 11) is 0. The zero-order valence-corrected chi connectivity index (χ0v) is 15.0. The first kappa shape index (κ1) is 20.4. The van der Waals surface area contributed by atoms with Crippen molar-refractivity contribution in [3.63, 3.8) is 0 Å². The summed E-state index contributed by atoms with van der Waals surface area (Å²) in [5.74, 6) is -1.72. The van der Waals surface area contributed by atoms with E-state index in [1.165, 1.54) is 19.1 Å². The van der Waals surface area contributed by atoms with Crippen LogP contribution in [0, 0.1) is 27.4 Å². The summed E-state index contributed by atoms with van der Waals surface area (Å²) in [5.41, 5.74) is -1.66. The van der Waals surface area contributed by atoms with E-state index >= 15 is 0 Å². The lowest BCUT2D eigenvalue weighted by molar-refractivity contribution is -0.384. The molecule has 1 amide bonds. The molecule has 25 heavy (non-hydrogen) atoms. The highest BCUT2D eigenvalue weighted by molar-refractivity contribution is 6.32. The number of esters is 1. The molecule has 9 heteroatoms. The topological polar surface area (TPSA) is 122 Å². The van der Waals surface area contributed by atoms with Gasteiger partial charge in [0, 0.05) is 6.07 Å². The summed E-state index contributed by atoms with van der Waals surface area (Å²) in [5, 5.41) is 22.5. The Kier molecular flexibility index (Phi) is 6.48. The predicted octanol–water partition coefficient (Wildman–Crippen LogP) is 2.85. The van der Waals surface area contributed by atoms with Gasteiger partial charge in [-0.2, -0.15) is 5.26 Å². The zero-order chi connectivity index (χ0) is 19.4. The van der Waals surface area contributed by atoms with Crippen LogP contribution in [0.15, 0.2) is 18.2 Å². The number of nitro groups is 1. The number of hydrogen-bond acceptors (Lipinski definition) is 6. The Labute approximate surface area is 149 Å². The van der Waals surface area contributed by atoms with E-state index in [1.807, 2.05) is 6.07 Å². The summed E-state index contributed by atoms with van der Waals surface area (Å²) in [6.07, 6.45) is -1.19. The minimum Gasteiger partial charge on any atom is -0.449 e. The van der Waals surface area contributed by atoms with Gasteiger partial charge < -0.3 is 10.1 Å². The largest absolute Gasteiger partial charge is 0.449 e. The smallest absolute Gasteiger partial charge is 0.339 e. The van der Waals surface area contributed by atoms with E-state index in [0.29, 0.717) is 0 Å². The molecule has 0 aliphatic carbocycles. The van der Waals surface area contributed by atoms with Gasteiger partial charge in [-0.05, 0) is 31.9 Å². The number of ether oxygens (including phenoxy) is 1. The van der Waals surface area contributed by atoms with Crippen LogP contribution in [-0.4, -0.2) is 28.4 Å². The molecule has 0 bridgehead atoms. The van der Waals surface area contributed by atoms with Gasteiger partial charge in [-0.3, -0.25) is 14.9 Å². The molecule has 1 N–H and O–H groups in total. The number of nitrogens with one attached hydrogen (secondary N) is 1. The molecule has 0 radical (unpaired) electrons. The Balaban J connectivity index is 2.87. The molecule has 0 unspecified atom stereocenters. The van der Waals surface area contributed by atoms with Gasteiger partial charge in [-0.15, -0.1) is 0 Å². The maximum Gasteiger partial charge on any atom is 0.339 e. The molecule has 8 nitrogen and oxygen atoms in total. The first-order valence-electron chi connectivity index (χ1n) is 7.40. The molecule has 1 rings (SSSR count). The van der Waals surface area contributed by atoms with E-state index in [-0.39, 0.29) is 16.5 Å². The Morgan fingerprint density at radius 1 is 1.40 bits per heavy atom. The van der Waals surface area contributed by atoms with Crippen LogP contribution in [0.25, 0.3) is 0 Å². The van der Waals surface area contributed by atoms with Crippen LogP contribution in [0.2, 0.25) is 5.02 Å². The standard InChI is InChI=1S/C16H18ClN3O5/c1-9(2)16(4,8-18)19-14(21)10(3)25-15(22)11-5-6-12(17)13(7-11)20(23)24/h5-7,9-10H,1-4H3,(H,19,21)/t10-,16-/m1/s1. The van der Waals surface area contributed by atoms with Crippen molar-refractivity contribution in [3.8, 4) is 6.07 Å². The highest BCUT2D eigenvalue weighted by Gasteiger charge is 2.32. The third kappa shape index (κ3) is 4.90. The van der Waals surface area contributed by atoms with Gasteiger partial charge in [0.2, 0.25) is 0 Å². The van der Waals surface area contributed by atoms with Crippen LogP contribution < -0.4 is 5.32 Å². The molecule has 0 spiro atoms. The molecule has 0 heterocycles. The first-order valence-corrected chi connectivity index (χ1v) is 7.77. The molecule has 0 fully saturated rings. The van der Waals surface area contributed by atoms with E-state index in [2.05, 4.69) is 5.32 Å². The number of nitrogens with zero attached hydrogens (tertiary/aromatic N) is 2. The van der Waals surface area contributed by atoms with E-state index < -0.39 is 34.1 Å². The second-order valence-corrected chi connectivity index (χ2v) is 6.34. The third-order valence-electron chi connectivity index (χ3n) is 3.80. The summed E-state index contributed by atoms with van der Waals surface area (Å²) < 4.78 is 5.02. The fourth-order valence-corrected chi connectivity index (χ4v) is 1.91. The predicted molar refractivity (Wildman–Crippen MR) is 90.0 cm³/mol. The quantitative estimate of drug-likeness (QED) is 0.468.